The molecule has 1 fully saturated rings. The Hall–Kier alpha value is -2.69. The summed E-state index contributed by atoms with van der Waals surface area (Å²) in [5, 5.41) is 16.9. The minimum atomic E-state index is -3.55. The number of carbonyl (C=O) groups is 2. The van der Waals surface area contributed by atoms with Gasteiger partial charge in [-0.25, -0.2) is 8.42 Å². The largest absolute Gasteiger partial charge is 0.378 e. The summed E-state index contributed by atoms with van der Waals surface area (Å²) in [6.07, 6.45) is 2.89. The van der Waals surface area contributed by atoms with Gasteiger partial charge in [0.15, 0.2) is 9.84 Å². The number of nitrogens with zero attached hydrogens (tertiary/aromatic N) is 2. The molecule has 2 amide bonds. The van der Waals surface area contributed by atoms with Crippen molar-refractivity contribution in [2.45, 2.75) is 31.1 Å². The third kappa shape index (κ3) is 6.14. The third-order valence-electron chi connectivity index (χ3n) is 4.78. The highest BCUT2D eigenvalue weighted by atomic mass is 32.2. The number of nitro groups is 1. The number of benzene rings is 1. The molecule has 1 heterocycles. The van der Waals surface area contributed by atoms with E-state index in [-0.39, 0.29) is 47.1 Å². The molecular weight excluding hydrogens is 400 g/mol. The summed E-state index contributed by atoms with van der Waals surface area (Å²) in [5.74, 6) is -0.376. The molecule has 1 aliphatic rings. The van der Waals surface area contributed by atoms with Gasteiger partial charge in [-0.2, -0.15) is 0 Å². The van der Waals surface area contributed by atoms with E-state index in [1.807, 2.05) is 0 Å². The fourth-order valence-electron chi connectivity index (χ4n) is 3.21. The molecule has 0 bridgehead atoms. The molecule has 0 saturated carbocycles. The van der Waals surface area contributed by atoms with Crippen molar-refractivity contribution in [1.82, 2.24) is 10.2 Å². The first-order chi connectivity index (χ1) is 13.6. The van der Waals surface area contributed by atoms with Gasteiger partial charge >= 0.3 is 0 Å². The molecule has 1 atom stereocenters. The lowest BCUT2D eigenvalue weighted by Crippen LogP contribution is -2.45. The van der Waals surface area contributed by atoms with Crippen molar-refractivity contribution in [1.29, 1.82) is 0 Å². The SMILES string of the molecule is CCC(=O)N1CCCC(C(=O)NCCNc2ccc(S(C)(=O)=O)cc2[N+](=O)[O-])C1. The summed E-state index contributed by atoms with van der Waals surface area (Å²) in [6.45, 7) is 3.34. The summed E-state index contributed by atoms with van der Waals surface area (Å²) in [4.78, 5) is 36.3. The average molecular weight is 426 g/mol. The molecule has 11 heteroatoms. The molecule has 2 N–H and O–H groups in total. The number of rotatable bonds is 8. The van der Waals surface area contributed by atoms with Crippen LogP contribution in [0.5, 0.6) is 0 Å². The van der Waals surface area contributed by atoms with Crippen molar-refractivity contribution in [3.05, 3.63) is 28.3 Å². The van der Waals surface area contributed by atoms with Crippen LogP contribution in [0.1, 0.15) is 26.2 Å². The van der Waals surface area contributed by atoms with Crippen LogP contribution in [-0.2, 0) is 19.4 Å². The van der Waals surface area contributed by atoms with Crippen LogP contribution < -0.4 is 10.6 Å². The second kappa shape index (κ2) is 9.68. The Morgan fingerprint density at radius 1 is 1.31 bits per heavy atom. The maximum atomic E-state index is 12.3. The lowest BCUT2D eigenvalue weighted by atomic mass is 9.97. The minimum absolute atomic E-state index is 0.0361. The number of amides is 2. The van der Waals surface area contributed by atoms with Crippen molar-refractivity contribution in [3.8, 4) is 0 Å². The highest BCUT2D eigenvalue weighted by Gasteiger charge is 2.27. The van der Waals surface area contributed by atoms with E-state index in [0.717, 1.165) is 18.7 Å². The van der Waals surface area contributed by atoms with Crippen LogP contribution in [0.25, 0.3) is 0 Å². The second-order valence-corrected chi connectivity index (χ2v) is 8.97. The first-order valence-corrected chi connectivity index (χ1v) is 11.3. The van der Waals surface area contributed by atoms with Crippen LogP contribution in [0.2, 0.25) is 0 Å². The predicted octanol–water partition coefficient (Wildman–Crippen LogP) is 1.18. The van der Waals surface area contributed by atoms with E-state index in [1.165, 1.54) is 12.1 Å². The fraction of sp³-hybridized carbons (Fsp3) is 0.556. The zero-order valence-electron chi connectivity index (χ0n) is 16.5. The fourth-order valence-corrected chi connectivity index (χ4v) is 3.85. The van der Waals surface area contributed by atoms with Crippen molar-refractivity contribution in [2.24, 2.45) is 5.92 Å². The van der Waals surface area contributed by atoms with Crippen LogP contribution in [-0.4, -0.2) is 62.5 Å². The van der Waals surface area contributed by atoms with Gasteiger partial charge in [-0.15, -0.1) is 0 Å². The Morgan fingerprint density at radius 2 is 2.03 bits per heavy atom. The van der Waals surface area contributed by atoms with E-state index in [9.17, 15) is 28.1 Å². The lowest BCUT2D eigenvalue weighted by molar-refractivity contribution is -0.384. The molecule has 0 aromatic heterocycles. The number of nitro benzene ring substituents is 1. The first kappa shape index (κ1) is 22.6. The molecule has 0 radical (unpaired) electrons. The monoisotopic (exact) mass is 426 g/mol. The molecule has 1 saturated heterocycles. The molecule has 1 aliphatic heterocycles. The van der Waals surface area contributed by atoms with Gasteiger partial charge < -0.3 is 15.5 Å². The summed E-state index contributed by atoms with van der Waals surface area (Å²) in [7, 11) is -3.55. The van der Waals surface area contributed by atoms with E-state index in [2.05, 4.69) is 10.6 Å². The molecule has 10 nitrogen and oxygen atoms in total. The Bertz CT molecular complexity index is 886. The number of nitrogens with one attached hydrogen (secondary N) is 2. The molecule has 2 rings (SSSR count). The molecule has 1 unspecified atom stereocenters. The number of likely N-dealkylation sites (tertiary alicyclic amines) is 1. The predicted molar refractivity (Wildman–Crippen MR) is 107 cm³/mol. The summed E-state index contributed by atoms with van der Waals surface area (Å²) < 4.78 is 23.1. The second-order valence-electron chi connectivity index (χ2n) is 6.96. The van der Waals surface area contributed by atoms with Gasteiger partial charge in [0.05, 0.1) is 15.7 Å². The van der Waals surface area contributed by atoms with Gasteiger partial charge in [0.1, 0.15) is 5.69 Å². The van der Waals surface area contributed by atoms with E-state index in [0.29, 0.717) is 25.9 Å². The van der Waals surface area contributed by atoms with Gasteiger partial charge in [0.2, 0.25) is 11.8 Å². The van der Waals surface area contributed by atoms with Gasteiger partial charge in [0.25, 0.3) is 5.69 Å². The molecule has 160 valence electrons. The van der Waals surface area contributed by atoms with Crippen LogP contribution in [0.3, 0.4) is 0 Å². The third-order valence-corrected chi connectivity index (χ3v) is 5.89. The zero-order valence-corrected chi connectivity index (χ0v) is 17.3. The Kier molecular flexibility index (Phi) is 7.54. The lowest BCUT2D eigenvalue weighted by Gasteiger charge is -2.31. The Balaban J connectivity index is 1.89. The average Bonchev–Trinajstić information content (AvgIpc) is 2.69. The Morgan fingerprint density at radius 3 is 2.66 bits per heavy atom. The van der Waals surface area contributed by atoms with Gasteiger partial charge in [-0.05, 0) is 25.0 Å². The van der Waals surface area contributed by atoms with E-state index < -0.39 is 14.8 Å². The summed E-state index contributed by atoms with van der Waals surface area (Å²) in [6, 6.07) is 3.65. The molecule has 0 spiro atoms. The number of anilines is 1. The quantitative estimate of drug-likeness (QED) is 0.361. The maximum absolute atomic E-state index is 12.3. The number of hydrogen-bond acceptors (Lipinski definition) is 7. The van der Waals surface area contributed by atoms with E-state index in [1.54, 1.807) is 11.8 Å². The molecule has 29 heavy (non-hydrogen) atoms. The highest BCUT2D eigenvalue weighted by molar-refractivity contribution is 7.90. The molecular formula is C18H26N4O6S. The number of carbonyl (C=O) groups excluding carboxylic acids is 2. The number of piperidine rings is 1. The van der Waals surface area contributed by atoms with Crippen molar-refractivity contribution in [2.75, 3.05) is 37.8 Å². The standard InChI is InChI=1S/C18H26N4O6S/c1-3-17(23)21-10-4-5-13(12-21)18(24)20-9-8-19-15-7-6-14(29(2,27)28)11-16(15)22(25)26/h6-7,11,13,19H,3-5,8-10,12H2,1-2H3,(H,20,24). The minimum Gasteiger partial charge on any atom is -0.378 e. The van der Waals surface area contributed by atoms with Crippen LogP contribution in [0.15, 0.2) is 23.1 Å². The van der Waals surface area contributed by atoms with Crippen molar-refractivity contribution >= 4 is 33.0 Å². The van der Waals surface area contributed by atoms with Crippen LogP contribution in [0, 0.1) is 16.0 Å². The van der Waals surface area contributed by atoms with Gasteiger partial charge in [-0.1, -0.05) is 6.92 Å². The first-order valence-electron chi connectivity index (χ1n) is 9.41. The number of sulfone groups is 1. The van der Waals surface area contributed by atoms with Crippen LogP contribution in [0.4, 0.5) is 11.4 Å². The molecule has 0 aliphatic carbocycles. The van der Waals surface area contributed by atoms with Crippen LogP contribution >= 0.6 is 0 Å². The number of hydrogen-bond donors (Lipinski definition) is 2. The molecule has 1 aromatic rings. The topological polar surface area (TPSA) is 139 Å². The highest BCUT2D eigenvalue weighted by Crippen LogP contribution is 2.27. The Labute approximate surface area is 169 Å². The van der Waals surface area contributed by atoms with Crippen molar-refractivity contribution in [3.63, 3.8) is 0 Å². The summed E-state index contributed by atoms with van der Waals surface area (Å²) in [5.41, 5.74) is -0.172. The van der Waals surface area contributed by atoms with Crippen molar-refractivity contribution < 1.29 is 22.9 Å². The smallest absolute Gasteiger partial charge is 0.293 e. The van der Waals surface area contributed by atoms with E-state index in [4.69, 9.17) is 0 Å². The maximum Gasteiger partial charge on any atom is 0.293 e. The normalized spacial score (nSPS) is 16.9. The molecule has 1 aromatic carbocycles. The van der Waals surface area contributed by atoms with Gasteiger partial charge in [-0.3, -0.25) is 19.7 Å². The van der Waals surface area contributed by atoms with Gasteiger partial charge in [0, 0.05) is 44.9 Å². The zero-order chi connectivity index (χ0) is 21.6. The summed E-state index contributed by atoms with van der Waals surface area (Å²) >= 11 is 0. The van der Waals surface area contributed by atoms with E-state index >= 15 is 0 Å².